The molecule has 2 fully saturated rings. The summed E-state index contributed by atoms with van der Waals surface area (Å²) >= 11 is 0. The van der Waals surface area contributed by atoms with Crippen molar-refractivity contribution in [3.63, 3.8) is 0 Å². The van der Waals surface area contributed by atoms with Gasteiger partial charge in [0, 0.05) is 53.7 Å². The number of hydrogen-bond donors (Lipinski definition) is 0. The van der Waals surface area contributed by atoms with Gasteiger partial charge < -0.3 is 53.1 Å². The van der Waals surface area contributed by atoms with Crippen molar-refractivity contribution in [2.45, 2.75) is 56.8 Å². The molecule has 2 aromatic rings. The zero-order valence-electron chi connectivity index (χ0n) is 30.7. The molecule has 2 heterocycles. The lowest BCUT2D eigenvalue weighted by molar-refractivity contribution is 0.106. The molecule has 2 aromatic carbocycles. The lowest BCUT2D eigenvalue weighted by Gasteiger charge is -2.45. The fourth-order valence-electron chi connectivity index (χ4n) is 5.61. The molecule has 0 N–H and O–H groups in total. The van der Waals surface area contributed by atoms with Crippen LogP contribution < -0.4 is 10.4 Å². The average molecular weight is 785 g/mol. The third kappa shape index (κ3) is 12.2. The van der Waals surface area contributed by atoms with Crippen LogP contribution in [0.5, 0.6) is 0 Å². The molecule has 0 aromatic heterocycles. The fourth-order valence-corrected chi connectivity index (χ4v) is 26.7. The van der Waals surface area contributed by atoms with Gasteiger partial charge in [0.25, 0.3) is 0 Å². The molecule has 4 rings (SSSR count). The van der Waals surface area contributed by atoms with Crippen LogP contribution >= 0.6 is 0 Å². The first-order valence-electron chi connectivity index (χ1n) is 17.1. The third-order valence-electron chi connectivity index (χ3n) is 8.37. The fraction of sp³-hybridized carbons (Fsp3) is 0.576. The minimum atomic E-state index is -3.62. The van der Waals surface area contributed by atoms with Crippen LogP contribution in [0.2, 0.25) is 31.7 Å². The van der Waals surface area contributed by atoms with Crippen LogP contribution in [0.25, 0.3) is 0 Å². The van der Waals surface area contributed by atoms with E-state index in [1.165, 1.54) is 0 Å². The standard InChI is InChI=1S/C33H56O12Si5/c1-9-47(8,44-48(34-2,35-3)24-16-22-38-26-30-28-40-30)42-46(6,7)43-50(32-18-12-10-13-19-32,33-20-14-11-15-21-33)45-49(36-4,37-5)25-17-23-39-27-31-29-41-31/h9-15,18-21,30-31H,1,16-17,22-29H2,2-8H3. The van der Waals surface area contributed by atoms with Crippen molar-refractivity contribution in [3.05, 3.63) is 72.9 Å². The summed E-state index contributed by atoms with van der Waals surface area (Å²) in [6, 6.07) is 21.2. The first-order valence-corrected chi connectivity index (χ1v) is 28.0. The summed E-state index contributed by atoms with van der Waals surface area (Å²) in [7, 11) is -9.97. The Hall–Kier alpha value is -1.22. The molecular weight excluding hydrogens is 729 g/mol. The highest BCUT2D eigenvalue weighted by molar-refractivity contribution is 7.01. The highest BCUT2D eigenvalue weighted by Crippen LogP contribution is 2.30. The minimum Gasteiger partial charge on any atom is -0.413 e. The van der Waals surface area contributed by atoms with Crippen LogP contribution in [0.3, 0.4) is 0 Å². The molecule has 3 unspecified atom stereocenters. The van der Waals surface area contributed by atoms with Crippen molar-refractivity contribution in [3.8, 4) is 0 Å². The van der Waals surface area contributed by atoms with Gasteiger partial charge in [-0.05, 0) is 42.9 Å². The van der Waals surface area contributed by atoms with E-state index in [0.29, 0.717) is 51.4 Å². The number of hydrogen-bond acceptors (Lipinski definition) is 12. The molecule has 3 atom stereocenters. The van der Waals surface area contributed by atoms with Crippen LogP contribution in [0, 0.1) is 0 Å². The van der Waals surface area contributed by atoms with Crippen LogP contribution in [0.15, 0.2) is 72.9 Å². The number of rotatable bonds is 27. The van der Waals surface area contributed by atoms with Crippen LogP contribution in [-0.2, 0) is 53.1 Å². The highest BCUT2D eigenvalue weighted by Gasteiger charge is 2.57. The molecule has 0 spiro atoms. The molecule has 2 aliphatic rings. The van der Waals surface area contributed by atoms with Gasteiger partial charge in [-0.25, -0.2) is 0 Å². The Morgan fingerprint density at radius 1 is 0.640 bits per heavy atom. The van der Waals surface area contributed by atoms with Gasteiger partial charge in [-0.15, -0.1) is 6.58 Å². The van der Waals surface area contributed by atoms with Gasteiger partial charge in [-0.1, -0.05) is 66.4 Å². The second-order valence-corrected chi connectivity index (χ2v) is 29.1. The predicted molar refractivity (Wildman–Crippen MR) is 201 cm³/mol. The van der Waals surface area contributed by atoms with Crippen molar-refractivity contribution in [1.29, 1.82) is 0 Å². The molecule has 0 saturated carbocycles. The summed E-state index contributed by atoms with van der Waals surface area (Å²) in [6.45, 7) is 13.9. The Morgan fingerprint density at radius 2 is 1.06 bits per heavy atom. The van der Waals surface area contributed by atoms with Crippen LogP contribution in [0.1, 0.15) is 12.8 Å². The van der Waals surface area contributed by atoms with Gasteiger partial charge in [-0.3, -0.25) is 0 Å². The maximum Gasteiger partial charge on any atom is 0.492 e. The average Bonchev–Trinajstić information content (AvgIpc) is 4.07. The lowest BCUT2D eigenvalue weighted by Crippen LogP contribution is -2.73. The van der Waals surface area contributed by atoms with E-state index >= 15 is 0 Å². The van der Waals surface area contributed by atoms with E-state index in [-0.39, 0.29) is 12.2 Å². The molecule has 0 radical (unpaired) electrons. The largest absolute Gasteiger partial charge is 0.492 e. The minimum absolute atomic E-state index is 0.200. The zero-order valence-corrected chi connectivity index (χ0v) is 35.7. The van der Waals surface area contributed by atoms with E-state index in [1.54, 1.807) is 34.1 Å². The Labute approximate surface area is 303 Å². The lowest BCUT2D eigenvalue weighted by atomic mass is 10.4. The van der Waals surface area contributed by atoms with Gasteiger partial charge in [0.05, 0.1) is 26.4 Å². The van der Waals surface area contributed by atoms with Gasteiger partial charge in [0.1, 0.15) is 12.2 Å². The SMILES string of the molecule is C=C[Si](C)(O[Si](C)(C)O[Si](O[Si](CCCOCC1CO1)(OC)OC)(c1ccccc1)c1ccccc1)O[Si](CCCOCC1CO1)(OC)OC. The van der Waals surface area contributed by atoms with E-state index in [1.807, 2.05) is 80.3 Å². The number of ether oxygens (including phenoxy) is 4. The Balaban J connectivity index is 1.61. The zero-order chi connectivity index (χ0) is 36.1. The molecule has 0 aliphatic carbocycles. The molecular formula is C33H56O12Si5. The quantitative estimate of drug-likeness (QED) is 0.0744. The van der Waals surface area contributed by atoms with Crippen molar-refractivity contribution in [2.75, 3.05) is 68.1 Å². The smallest absolute Gasteiger partial charge is 0.413 e. The van der Waals surface area contributed by atoms with Crippen molar-refractivity contribution < 1.29 is 53.1 Å². The summed E-state index contributed by atoms with van der Waals surface area (Å²) in [6.07, 6.45) is 1.79. The molecule has 2 aliphatic heterocycles. The number of benzene rings is 2. The molecule has 0 bridgehead atoms. The predicted octanol–water partition coefficient (Wildman–Crippen LogP) is 3.88. The molecule has 12 nitrogen and oxygen atoms in total. The summed E-state index contributed by atoms with van der Waals surface area (Å²) in [5, 5.41) is 1.81. The van der Waals surface area contributed by atoms with E-state index in [9.17, 15) is 0 Å². The summed E-state index contributed by atoms with van der Waals surface area (Å²) in [5.41, 5.74) is 1.76. The van der Waals surface area contributed by atoms with Crippen LogP contribution in [0.4, 0.5) is 0 Å². The molecule has 17 heteroatoms. The van der Waals surface area contributed by atoms with Gasteiger partial charge >= 0.3 is 43.3 Å². The normalized spacial score (nSPS) is 19.3. The summed E-state index contributed by atoms with van der Waals surface area (Å²) in [4.78, 5) is 0. The first-order chi connectivity index (χ1) is 24.0. The summed E-state index contributed by atoms with van der Waals surface area (Å²) in [5.74, 6) is 0. The first kappa shape index (κ1) is 41.5. The Morgan fingerprint density at radius 3 is 1.44 bits per heavy atom. The third-order valence-corrected chi connectivity index (χ3v) is 27.7. The van der Waals surface area contributed by atoms with Gasteiger partial charge in [0.2, 0.25) is 0 Å². The topological polar surface area (TPSA) is 117 Å². The van der Waals surface area contributed by atoms with E-state index in [4.69, 9.17) is 53.1 Å². The van der Waals surface area contributed by atoms with Crippen molar-refractivity contribution in [2.24, 2.45) is 0 Å². The molecule has 2 saturated heterocycles. The molecule has 50 heavy (non-hydrogen) atoms. The number of epoxide rings is 2. The molecule has 0 amide bonds. The Bertz CT molecular complexity index is 1240. The van der Waals surface area contributed by atoms with E-state index in [2.05, 4.69) is 6.58 Å². The molecule has 280 valence electrons. The second-order valence-electron chi connectivity index (χ2n) is 12.8. The highest BCUT2D eigenvalue weighted by atomic mass is 28.5. The van der Waals surface area contributed by atoms with Crippen molar-refractivity contribution >= 4 is 53.7 Å². The Kier molecular flexibility index (Phi) is 16.0. The second kappa shape index (κ2) is 19.2. The van der Waals surface area contributed by atoms with E-state index < -0.39 is 43.3 Å². The monoisotopic (exact) mass is 784 g/mol. The van der Waals surface area contributed by atoms with Crippen molar-refractivity contribution in [1.82, 2.24) is 0 Å². The van der Waals surface area contributed by atoms with Gasteiger partial charge in [0.15, 0.2) is 0 Å². The summed E-state index contributed by atoms with van der Waals surface area (Å²) < 4.78 is 75.0. The van der Waals surface area contributed by atoms with Gasteiger partial charge in [-0.2, -0.15) is 0 Å². The van der Waals surface area contributed by atoms with Crippen LogP contribution in [-0.4, -0.2) is 124 Å². The maximum absolute atomic E-state index is 7.41. The maximum atomic E-state index is 7.41. The van der Waals surface area contributed by atoms with E-state index in [0.717, 1.165) is 23.6 Å².